The van der Waals surface area contributed by atoms with E-state index in [1.165, 1.54) is 18.4 Å². The van der Waals surface area contributed by atoms with Gasteiger partial charge in [0, 0.05) is 23.9 Å². The summed E-state index contributed by atoms with van der Waals surface area (Å²) in [5.74, 6) is 1.01. The molecule has 7 nitrogen and oxygen atoms in total. The zero-order valence-corrected chi connectivity index (χ0v) is 19.5. The lowest BCUT2D eigenvalue weighted by molar-refractivity contribution is 0.402. The Kier molecular flexibility index (Phi) is 5.83. The highest BCUT2D eigenvalue weighted by Crippen LogP contribution is 2.27. The van der Waals surface area contributed by atoms with Crippen molar-refractivity contribution in [3.63, 3.8) is 0 Å². The van der Waals surface area contributed by atoms with Crippen molar-refractivity contribution in [2.45, 2.75) is 32.1 Å². The van der Waals surface area contributed by atoms with Gasteiger partial charge in [-0.25, -0.2) is 17.7 Å². The standard InChI is InChI=1S/C22H24N4O3S2/c1-14-7-5-6-8-18(14)21-24-22-26(25-21)17(13-30-22)9-10-23-31(27,28)20-12-16(3)15(2)11-19(20)29-4/h5-8,11-13,23H,9-10H2,1-4H3. The lowest BCUT2D eigenvalue weighted by atomic mass is 10.1. The number of methoxy groups -OCH3 is 1. The molecular formula is C22H24N4O3S2. The molecule has 31 heavy (non-hydrogen) atoms. The molecule has 0 spiro atoms. The van der Waals surface area contributed by atoms with Gasteiger partial charge in [0.15, 0.2) is 5.82 Å². The Hall–Kier alpha value is -2.75. The van der Waals surface area contributed by atoms with Gasteiger partial charge in [0.2, 0.25) is 15.0 Å². The minimum absolute atomic E-state index is 0.149. The van der Waals surface area contributed by atoms with Crippen molar-refractivity contribution in [3.8, 4) is 17.1 Å². The van der Waals surface area contributed by atoms with E-state index in [-0.39, 0.29) is 11.4 Å². The van der Waals surface area contributed by atoms with Crippen LogP contribution in [0.1, 0.15) is 22.4 Å². The summed E-state index contributed by atoms with van der Waals surface area (Å²) in [7, 11) is -2.23. The average molecular weight is 457 g/mol. The van der Waals surface area contributed by atoms with Gasteiger partial charge in [0.25, 0.3) is 0 Å². The van der Waals surface area contributed by atoms with Crippen LogP contribution >= 0.6 is 11.3 Å². The topological polar surface area (TPSA) is 85.6 Å². The maximum Gasteiger partial charge on any atom is 0.244 e. The molecule has 0 aliphatic carbocycles. The first kappa shape index (κ1) is 21.5. The summed E-state index contributed by atoms with van der Waals surface area (Å²) in [4.78, 5) is 5.56. The van der Waals surface area contributed by atoms with Gasteiger partial charge in [0.1, 0.15) is 10.6 Å². The Balaban J connectivity index is 1.52. The molecule has 0 unspecified atom stereocenters. The second-order valence-corrected chi connectivity index (χ2v) is 9.98. The van der Waals surface area contributed by atoms with Crippen LogP contribution in [0.2, 0.25) is 0 Å². The third-order valence-corrected chi connectivity index (χ3v) is 7.63. The summed E-state index contributed by atoms with van der Waals surface area (Å²) in [5.41, 5.74) is 4.88. The monoisotopic (exact) mass is 456 g/mol. The van der Waals surface area contributed by atoms with Crippen LogP contribution in [0.4, 0.5) is 0 Å². The zero-order chi connectivity index (χ0) is 22.2. The Morgan fingerprint density at radius 3 is 2.58 bits per heavy atom. The zero-order valence-electron chi connectivity index (χ0n) is 17.8. The number of thiazole rings is 1. The van der Waals surface area contributed by atoms with Crippen LogP contribution in [0.25, 0.3) is 16.3 Å². The molecule has 0 amide bonds. The minimum Gasteiger partial charge on any atom is -0.495 e. The second kappa shape index (κ2) is 8.41. The Morgan fingerprint density at radius 2 is 1.84 bits per heavy atom. The van der Waals surface area contributed by atoms with E-state index in [2.05, 4.69) is 14.8 Å². The van der Waals surface area contributed by atoms with Gasteiger partial charge in [-0.3, -0.25) is 0 Å². The average Bonchev–Trinajstić information content (AvgIpc) is 3.31. The number of sulfonamides is 1. The first-order chi connectivity index (χ1) is 14.8. The fraction of sp³-hybridized carbons (Fsp3) is 0.273. The molecule has 0 atom stereocenters. The van der Waals surface area contributed by atoms with E-state index >= 15 is 0 Å². The molecule has 2 aromatic carbocycles. The molecular weight excluding hydrogens is 432 g/mol. The summed E-state index contributed by atoms with van der Waals surface area (Å²) in [6.45, 7) is 6.07. The number of nitrogens with zero attached hydrogens (tertiary/aromatic N) is 3. The summed E-state index contributed by atoms with van der Waals surface area (Å²) < 4.78 is 35.5. The quantitative estimate of drug-likeness (QED) is 0.456. The largest absolute Gasteiger partial charge is 0.495 e. The fourth-order valence-corrected chi connectivity index (χ4v) is 5.48. The third kappa shape index (κ3) is 4.21. The van der Waals surface area contributed by atoms with E-state index in [0.717, 1.165) is 32.9 Å². The fourth-order valence-electron chi connectivity index (χ4n) is 3.36. The minimum atomic E-state index is -3.71. The summed E-state index contributed by atoms with van der Waals surface area (Å²) in [6.07, 6.45) is 0.489. The molecule has 162 valence electrons. The SMILES string of the molecule is COc1cc(C)c(C)cc1S(=O)(=O)NCCc1csc2nc(-c3ccccc3C)nn12. The van der Waals surface area contributed by atoms with E-state index in [1.54, 1.807) is 16.6 Å². The number of ether oxygens (including phenoxy) is 1. The molecule has 2 aromatic heterocycles. The second-order valence-electron chi connectivity index (χ2n) is 7.41. The number of hydrogen-bond donors (Lipinski definition) is 1. The Labute approximate surface area is 185 Å². The number of fused-ring (bicyclic) bond motifs is 1. The molecule has 0 aliphatic rings. The molecule has 4 aromatic rings. The summed E-state index contributed by atoms with van der Waals surface area (Å²) in [5, 5.41) is 6.60. The number of hydrogen-bond acceptors (Lipinski definition) is 6. The maximum atomic E-state index is 12.9. The highest BCUT2D eigenvalue weighted by Gasteiger charge is 2.21. The number of benzene rings is 2. The molecule has 1 N–H and O–H groups in total. The van der Waals surface area contributed by atoms with Crippen LogP contribution in [0.3, 0.4) is 0 Å². The Morgan fingerprint density at radius 1 is 1.10 bits per heavy atom. The van der Waals surface area contributed by atoms with Gasteiger partial charge in [-0.2, -0.15) is 4.98 Å². The maximum absolute atomic E-state index is 12.9. The van der Waals surface area contributed by atoms with Crippen molar-refractivity contribution in [2.75, 3.05) is 13.7 Å². The molecule has 0 fully saturated rings. The summed E-state index contributed by atoms with van der Waals surface area (Å²) >= 11 is 1.49. The van der Waals surface area contributed by atoms with Gasteiger partial charge in [-0.15, -0.1) is 16.4 Å². The van der Waals surface area contributed by atoms with Crippen LogP contribution in [-0.2, 0) is 16.4 Å². The molecule has 0 aliphatic heterocycles. The molecule has 9 heteroatoms. The third-order valence-electron chi connectivity index (χ3n) is 5.28. The van der Waals surface area contributed by atoms with E-state index in [1.807, 2.05) is 50.4 Å². The Bertz CT molecular complexity index is 1360. The summed E-state index contributed by atoms with van der Waals surface area (Å²) in [6, 6.07) is 11.4. The number of nitrogens with one attached hydrogen (secondary N) is 1. The van der Waals surface area contributed by atoms with Gasteiger partial charge in [0.05, 0.1) is 12.8 Å². The first-order valence-corrected chi connectivity index (χ1v) is 12.2. The van der Waals surface area contributed by atoms with Gasteiger partial charge < -0.3 is 4.74 Å². The van der Waals surface area contributed by atoms with Crippen molar-refractivity contribution in [1.82, 2.24) is 19.3 Å². The molecule has 2 heterocycles. The molecule has 0 radical (unpaired) electrons. The van der Waals surface area contributed by atoms with Gasteiger partial charge in [-0.1, -0.05) is 24.3 Å². The van der Waals surface area contributed by atoms with Gasteiger partial charge in [-0.05, 0) is 49.6 Å². The highest BCUT2D eigenvalue weighted by atomic mass is 32.2. The normalized spacial score (nSPS) is 11.9. The van der Waals surface area contributed by atoms with Crippen molar-refractivity contribution in [1.29, 1.82) is 0 Å². The van der Waals surface area contributed by atoms with Crippen molar-refractivity contribution < 1.29 is 13.2 Å². The molecule has 0 saturated carbocycles. The van der Waals surface area contributed by atoms with E-state index < -0.39 is 10.0 Å². The van der Waals surface area contributed by atoms with Crippen molar-refractivity contribution >= 4 is 26.3 Å². The van der Waals surface area contributed by atoms with Crippen LogP contribution in [0.5, 0.6) is 5.75 Å². The molecule has 0 saturated heterocycles. The molecule has 0 bridgehead atoms. The van der Waals surface area contributed by atoms with E-state index in [0.29, 0.717) is 18.0 Å². The number of aryl methyl sites for hydroxylation is 3. The van der Waals surface area contributed by atoms with Crippen LogP contribution in [-0.4, -0.2) is 36.7 Å². The van der Waals surface area contributed by atoms with Crippen LogP contribution in [0, 0.1) is 20.8 Å². The van der Waals surface area contributed by atoms with E-state index in [9.17, 15) is 8.42 Å². The number of aromatic nitrogens is 3. The predicted octanol–water partition coefficient (Wildman–Crippen LogP) is 3.91. The van der Waals surface area contributed by atoms with Crippen LogP contribution in [0.15, 0.2) is 46.7 Å². The van der Waals surface area contributed by atoms with Crippen LogP contribution < -0.4 is 9.46 Å². The molecule has 4 rings (SSSR count). The van der Waals surface area contributed by atoms with E-state index in [4.69, 9.17) is 4.74 Å². The van der Waals surface area contributed by atoms with Crippen molar-refractivity contribution in [2.24, 2.45) is 0 Å². The lowest BCUT2D eigenvalue weighted by Gasteiger charge is -2.13. The lowest BCUT2D eigenvalue weighted by Crippen LogP contribution is -2.27. The predicted molar refractivity (Wildman–Crippen MR) is 122 cm³/mol. The first-order valence-electron chi connectivity index (χ1n) is 9.84. The van der Waals surface area contributed by atoms with Gasteiger partial charge >= 0.3 is 0 Å². The van der Waals surface area contributed by atoms with Crippen molar-refractivity contribution in [3.05, 3.63) is 64.2 Å². The highest BCUT2D eigenvalue weighted by molar-refractivity contribution is 7.89. The number of rotatable bonds is 7. The smallest absolute Gasteiger partial charge is 0.244 e.